The number of hydrogen-bond donors (Lipinski definition) is 0. The van der Waals surface area contributed by atoms with Crippen molar-refractivity contribution < 1.29 is 9.47 Å². The fraction of sp³-hybridized carbons (Fsp3) is 0.700. The lowest BCUT2D eigenvalue weighted by molar-refractivity contribution is -0.0732. The summed E-state index contributed by atoms with van der Waals surface area (Å²) in [5.74, 6) is 1.81. The molecule has 0 aromatic heterocycles. The number of halogens is 1. The predicted octanol–water partition coefficient (Wildman–Crippen LogP) is 3.78. The molecule has 140 valence electrons. The van der Waals surface area contributed by atoms with Crippen LogP contribution < -0.4 is 4.74 Å². The first-order valence-corrected chi connectivity index (χ1v) is 10.3. The maximum Gasteiger partial charge on any atom is 0.123 e. The van der Waals surface area contributed by atoms with Crippen molar-refractivity contribution in [2.45, 2.75) is 45.4 Å². The molecular weight excluding hydrogens is 380 g/mol. The summed E-state index contributed by atoms with van der Waals surface area (Å²) in [6.45, 7) is 11.1. The Morgan fingerprint density at radius 3 is 2.44 bits per heavy atom. The van der Waals surface area contributed by atoms with Crippen LogP contribution in [0.3, 0.4) is 0 Å². The monoisotopic (exact) mass is 410 g/mol. The van der Waals surface area contributed by atoms with Gasteiger partial charge in [0.1, 0.15) is 5.75 Å². The molecule has 0 aliphatic carbocycles. The molecule has 1 aromatic carbocycles. The molecule has 0 spiro atoms. The highest BCUT2D eigenvalue weighted by molar-refractivity contribution is 9.10. The Bertz CT molecular complexity index is 551. The Kier molecular flexibility index (Phi) is 6.78. The first kappa shape index (κ1) is 19.2. The van der Waals surface area contributed by atoms with E-state index in [0.717, 1.165) is 35.8 Å². The maximum atomic E-state index is 5.85. The molecule has 0 amide bonds. The van der Waals surface area contributed by atoms with E-state index in [0.29, 0.717) is 12.2 Å². The Hall–Kier alpha value is -0.620. The van der Waals surface area contributed by atoms with Crippen LogP contribution in [0.25, 0.3) is 0 Å². The Balaban J connectivity index is 1.48. The highest BCUT2D eigenvalue weighted by Crippen LogP contribution is 2.27. The van der Waals surface area contributed by atoms with E-state index in [2.05, 4.69) is 45.6 Å². The number of rotatable bonds is 5. The highest BCUT2D eigenvalue weighted by atomic mass is 79.9. The second-order valence-corrected chi connectivity index (χ2v) is 8.57. The number of benzene rings is 1. The normalized spacial score (nSPS) is 26.7. The van der Waals surface area contributed by atoms with Gasteiger partial charge in [-0.05, 0) is 63.9 Å². The van der Waals surface area contributed by atoms with Gasteiger partial charge in [-0.1, -0.05) is 15.9 Å². The first-order valence-electron chi connectivity index (χ1n) is 9.46. The molecule has 2 aliphatic heterocycles. The second-order valence-electron chi connectivity index (χ2n) is 7.65. The summed E-state index contributed by atoms with van der Waals surface area (Å²) >= 11 is 3.57. The van der Waals surface area contributed by atoms with Gasteiger partial charge in [-0.15, -0.1) is 0 Å². The lowest BCUT2D eigenvalue weighted by atomic mass is 9.95. The largest absolute Gasteiger partial charge is 0.496 e. The molecule has 0 saturated carbocycles. The molecule has 3 rings (SSSR count). The van der Waals surface area contributed by atoms with Crippen LogP contribution in [-0.2, 0) is 11.3 Å². The van der Waals surface area contributed by atoms with Crippen molar-refractivity contribution >= 4 is 15.9 Å². The van der Waals surface area contributed by atoms with Crippen LogP contribution in [0.15, 0.2) is 22.7 Å². The van der Waals surface area contributed by atoms with E-state index >= 15 is 0 Å². The predicted molar refractivity (Wildman–Crippen MR) is 105 cm³/mol. The zero-order chi connectivity index (χ0) is 17.8. The topological polar surface area (TPSA) is 24.9 Å². The van der Waals surface area contributed by atoms with Crippen LogP contribution in [0.1, 0.15) is 32.3 Å². The SMILES string of the molecule is COc1ccc(Br)cc1CN1CCC(CN2CC(C)OC(C)C2)CC1. The van der Waals surface area contributed by atoms with E-state index in [1.165, 1.54) is 38.0 Å². The Morgan fingerprint density at radius 1 is 1.12 bits per heavy atom. The van der Waals surface area contributed by atoms with Crippen molar-refractivity contribution in [3.8, 4) is 5.75 Å². The summed E-state index contributed by atoms with van der Waals surface area (Å²) in [5.41, 5.74) is 1.27. The number of ether oxygens (including phenoxy) is 2. The fourth-order valence-electron chi connectivity index (χ4n) is 4.24. The van der Waals surface area contributed by atoms with Gasteiger partial charge in [-0.3, -0.25) is 9.80 Å². The van der Waals surface area contributed by atoms with Gasteiger partial charge in [0.15, 0.2) is 0 Å². The van der Waals surface area contributed by atoms with Crippen LogP contribution in [0.4, 0.5) is 0 Å². The standard InChI is InChI=1S/C20H31BrN2O2/c1-15-11-23(12-16(2)25-15)13-17-6-8-22(9-7-17)14-18-10-19(21)4-5-20(18)24-3/h4-5,10,15-17H,6-9,11-14H2,1-3H3. The molecule has 2 fully saturated rings. The highest BCUT2D eigenvalue weighted by Gasteiger charge is 2.26. The Labute approximate surface area is 160 Å². The minimum absolute atomic E-state index is 0.368. The quantitative estimate of drug-likeness (QED) is 0.737. The molecule has 1 aromatic rings. The summed E-state index contributed by atoms with van der Waals surface area (Å²) in [6.07, 6.45) is 3.31. The summed E-state index contributed by atoms with van der Waals surface area (Å²) in [6, 6.07) is 6.27. The van der Waals surface area contributed by atoms with Gasteiger partial charge in [-0.2, -0.15) is 0 Å². The molecule has 5 heteroatoms. The van der Waals surface area contributed by atoms with Gasteiger partial charge in [0, 0.05) is 36.2 Å². The van der Waals surface area contributed by atoms with E-state index in [1.807, 2.05) is 12.1 Å². The third kappa shape index (κ3) is 5.43. The van der Waals surface area contributed by atoms with Crippen molar-refractivity contribution in [2.24, 2.45) is 5.92 Å². The number of methoxy groups -OCH3 is 1. The van der Waals surface area contributed by atoms with Gasteiger partial charge >= 0.3 is 0 Å². The zero-order valence-corrected chi connectivity index (χ0v) is 17.3. The molecule has 0 bridgehead atoms. The third-order valence-corrected chi connectivity index (χ3v) is 5.85. The molecule has 25 heavy (non-hydrogen) atoms. The lowest BCUT2D eigenvalue weighted by Crippen LogP contribution is -2.48. The van der Waals surface area contributed by atoms with E-state index in [1.54, 1.807) is 7.11 Å². The maximum absolute atomic E-state index is 5.85. The minimum Gasteiger partial charge on any atom is -0.496 e. The minimum atomic E-state index is 0.368. The van der Waals surface area contributed by atoms with E-state index in [-0.39, 0.29) is 0 Å². The first-order chi connectivity index (χ1) is 12.0. The molecule has 2 saturated heterocycles. The van der Waals surface area contributed by atoms with Gasteiger partial charge in [0.25, 0.3) is 0 Å². The van der Waals surface area contributed by atoms with Gasteiger partial charge in [0.2, 0.25) is 0 Å². The van der Waals surface area contributed by atoms with Gasteiger partial charge in [-0.25, -0.2) is 0 Å². The third-order valence-electron chi connectivity index (χ3n) is 5.36. The summed E-state index contributed by atoms with van der Waals surface area (Å²) in [5, 5.41) is 0. The average Bonchev–Trinajstić information content (AvgIpc) is 2.56. The number of morpholine rings is 1. The van der Waals surface area contributed by atoms with Crippen LogP contribution in [0.5, 0.6) is 5.75 Å². The smallest absolute Gasteiger partial charge is 0.123 e. The van der Waals surface area contributed by atoms with Crippen molar-refractivity contribution in [2.75, 3.05) is 39.8 Å². The summed E-state index contributed by atoms with van der Waals surface area (Å²) in [4.78, 5) is 5.17. The van der Waals surface area contributed by atoms with Crippen molar-refractivity contribution in [1.82, 2.24) is 9.80 Å². The number of piperidine rings is 1. The molecule has 2 aliphatic rings. The fourth-order valence-corrected chi connectivity index (χ4v) is 4.65. The zero-order valence-electron chi connectivity index (χ0n) is 15.7. The van der Waals surface area contributed by atoms with Crippen molar-refractivity contribution in [1.29, 1.82) is 0 Å². The molecular formula is C20H31BrN2O2. The molecule has 4 nitrogen and oxygen atoms in total. The average molecular weight is 411 g/mol. The summed E-state index contributed by atoms with van der Waals surface area (Å²) < 4.78 is 12.5. The molecule has 2 unspecified atom stereocenters. The number of hydrogen-bond acceptors (Lipinski definition) is 4. The lowest BCUT2D eigenvalue weighted by Gasteiger charge is -2.39. The van der Waals surface area contributed by atoms with Crippen LogP contribution in [-0.4, -0.2) is 61.8 Å². The molecule has 2 atom stereocenters. The van der Waals surface area contributed by atoms with E-state index in [4.69, 9.17) is 9.47 Å². The van der Waals surface area contributed by atoms with Crippen molar-refractivity contribution in [3.63, 3.8) is 0 Å². The van der Waals surface area contributed by atoms with E-state index < -0.39 is 0 Å². The number of nitrogens with zero attached hydrogens (tertiary/aromatic N) is 2. The molecule has 2 heterocycles. The second kappa shape index (κ2) is 8.85. The van der Waals surface area contributed by atoms with Crippen LogP contribution in [0.2, 0.25) is 0 Å². The molecule has 0 N–H and O–H groups in total. The van der Waals surface area contributed by atoms with Crippen LogP contribution in [0, 0.1) is 5.92 Å². The van der Waals surface area contributed by atoms with E-state index in [9.17, 15) is 0 Å². The van der Waals surface area contributed by atoms with Crippen LogP contribution >= 0.6 is 15.9 Å². The summed E-state index contributed by atoms with van der Waals surface area (Å²) in [7, 11) is 1.75. The Morgan fingerprint density at radius 2 is 1.80 bits per heavy atom. The van der Waals surface area contributed by atoms with Crippen molar-refractivity contribution in [3.05, 3.63) is 28.2 Å². The molecule has 0 radical (unpaired) electrons. The van der Waals surface area contributed by atoms with Gasteiger partial charge in [0.05, 0.1) is 19.3 Å². The number of likely N-dealkylation sites (tertiary alicyclic amines) is 1. The van der Waals surface area contributed by atoms with Gasteiger partial charge < -0.3 is 9.47 Å².